The van der Waals surface area contributed by atoms with Gasteiger partial charge in [-0.25, -0.2) is 4.79 Å². The average molecular weight is 532 g/mol. The first-order chi connectivity index (χ1) is 18.8. The van der Waals surface area contributed by atoms with E-state index in [0.29, 0.717) is 11.4 Å². The first kappa shape index (κ1) is 28.1. The summed E-state index contributed by atoms with van der Waals surface area (Å²) in [6.07, 6.45) is 2.66. The molecule has 3 aromatic rings. The minimum absolute atomic E-state index is 0.0684. The molecule has 0 aliphatic rings. The summed E-state index contributed by atoms with van der Waals surface area (Å²) in [4.78, 5) is 40.3. The Labute approximate surface area is 223 Å². The van der Waals surface area contributed by atoms with Gasteiger partial charge in [0.15, 0.2) is 5.75 Å². The summed E-state index contributed by atoms with van der Waals surface area (Å²) in [5.74, 6) is -1.67. The molecule has 1 amide bonds. The first-order valence-electron chi connectivity index (χ1n) is 11.4. The van der Waals surface area contributed by atoms with E-state index in [0.717, 1.165) is 11.8 Å². The van der Waals surface area contributed by atoms with Crippen LogP contribution in [-0.2, 0) is 9.53 Å². The topological polar surface area (TPSA) is 150 Å². The second-order valence-corrected chi connectivity index (χ2v) is 7.79. The second-order valence-electron chi connectivity index (χ2n) is 7.79. The Morgan fingerprint density at radius 3 is 2.38 bits per heavy atom. The number of aliphatic hydroxyl groups is 1. The number of aliphatic imine (C=N–C) groups is 1. The third-order valence-electron chi connectivity index (χ3n) is 5.34. The van der Waals surface area contributed by atoms with Gasteiger partial charge in [-0.2, -0.15) is 0 Å². The number of carbonyl (C=O) groups excluding carboxylic acids is 2. The zero-order chi connectivity index (χ0) is 28.4. The molecule has 0 fully saturated rings. The van der Waals surface area contributed by atoms with Crippen molar-refractivity contribution in [2.24, 2.45) is 4.99 Å². The van der Waals surface area contributed by atoms with Crippen LogP contribution in [-0.4, -0.2) is 48.9 Å². The highest BCUT2D eigenvalue weighted by molar-refractivity contribution is 6.18. The van der Waals surface area contributed by atoms with E-state index in [1.165, 1.54) is 44.6 Å². The molecule has 0 aliphatic carbocycles. The summed E-state index contributed by atoms with van der Waals surface area (Å²) < 4.78 is 15.6. The normalized spacial score (nSPS) is 11.3. The summed E-state index contributed by atoms with van der Waals surface area (Å²) in [6.45, 7) is 3.01. The Morgan fingerprint density at radius 1 is 1.05 bits per heavy atom. The van der Waals surface area contributed by atoms with Gasteiger partial charge in [0.05, 0.1) is 42.0 Å². The van der Waals surface area contributed by atoms with Gasteiger partial charge in [-0.05, 0) is 35.9 Å². The number of carbonyl (C=O) groups is 2. The number of nitrogens with one attached hydrogen (secondary N) is 1. The van der Waals surface area contributed by atoms with E-state index in [-0.39, 0.29) is 28.3 Å². The molecule has 11 nitrogen and oxygen atoms in total. The van der Waals surface area contributed by atoms with Crippen LogP contribution in [0.2, 0.25) is 0 Å². The Balaban J connectivity index is 1.92. The van der Waals surface area contributed by atoms with E-state index < -0.39 is 29.2 Å². The average Bonchev–Trinajstić information content (AvgIpc) is 2.96. The summed E-state index contributed by atoms with van der Waals surface area (Å²) >= 11 is 0. The molecule has 0 spiro atoms. The van der Waals surface area contributed by atoms with Gasteiger partial charge in [-0.1, -0.05) is 36.9 Å². The molecule has 39 heavy (non-hydrogen) atoms. The van der Waals surface area contributed by atoms with E-state index in [1.54, 1.807) is 42.5 Å². The van der Waals surface area contributed by atoms with Gasteiger partial charge in [0.2, 0.25) is 0 Å². The zero-order valence-electron chi connectivity index (χ0n) is 21.1. The molecule has 2 N–H and O–H groups in total. The van der Waals surface area contributed by atoms with Crippen molar-refractivity contribution in [2.75, 3.05) is 26.1 Å². The Bertz CT molecular complexity index is 1450. The zero-order valence-corrected chi connectivity index (χ0v) is 21.1. The summed E-state index contributed by atoms with van der Waals surface area (Å²) in [6, 6.07) is 16.8. The quantitative estimate of drug-likeness (QED) is 0.0849. The van der Waals surface area contributed by atoms with Gasteiger partial charge < -0.3 is 24.6 Å². The van der Waals surface area contributed by atoms with Crippen LogP contribution in [0.15, 0.2) is 89.6 Å². The highest BCUT2D eigenvalue weighted by atomic mass is 16.6. The Morgan fingerprint density at radius 2 is 1.74 bits per heavy atom. The number of para-hydroxylation sites is 2. The number of nitrogens with zero attached hydrogens (tertiary/aromatic N) is 2. The smallest absolute Gasteiger partial charge is 0.338 e. The molecule has 0 radical (unpaired) electrons. The van der Waals surface area contributed by atoms with Crippen LogP contribution in [0.5, 0.6) is 11.5 Å². The lowest BCUT2D eigenvalue weighted by Gasteiger charge is -2.12. The molecular formula is C28H25N3O8. The highest BCUT2D eigenvalue weighted by Crippen LogP contribution is 2.31. The minimum atomic E-state index is -0.784. The third-order valence-corrected chi connectivity index (χ3v) is 5.34. The van der Waals surface area contributed by atoms with E-state index in [2.05, 4.69) is 16.9 Å². The lowest BCUT2D eigenvalue weighted by molar-refractivity contribution is -0.384. The lowest BCUT2D eigenvalue weighted by Crippen LogP contribution is -2.20. The molecule has 0 aliphatic heterocycles. The van der Waals surface area contributed by atoms with E-state index in [9.17, 15) is 24.8 Å². The molecular weight excluding hydrogens is 506 g/mol. The molecule has 11 heteroatoms. The molecule has 0 heterocycles. The monoisotopic (exact) mass is 531 g/mol. The number of methoxy groups -OCH3 is 2. The number of anilines is 1. The van der Waals surface area contributed by atoms with Crippen molar-refractivity contribution in [1.29, 1.82) is 0 Å². The number of non-ortho nitro benzene ring substituents is 1. The van der Waals surface area contributed by atoms with Gasteiger partial charge in [0, 0.05) is 12.3 Å². The minimum Gasteiger partial charge on any atom is -0.508 e. The van der Waals surface area contributed by atoms with Crippen LogP contribution in [0, 0.1) is 10.1 Å². The number of ether oxygens (including phenoxy) is 3. The maximum Gasteiger partial charge on any atom is 0.338 e. The molecule has 3 rings (SSSR count). The molecule has 200 valence electrons. The van der Waals surface area contributed by atoms with Crippen molar-refractivity contribution in [1.82, 2.24) is 0 Å². The largest absolute Gasteiger partial charge is 0.508 e. The number of hydrogen-bond acceptors (Lipinski definition) is 9. The predicted molar refractivity (Wildman–Crippen MR) is 146 cm³/mol. The number of aliphatic hydroxyl groups excluding tert-OH is 1. The molecule has 0 aromatic heterocycles. The fourth-order valence-corrected chi connectivity index (χ4v) is 3.27. The molecule has 0 bridgehead atoms. The molecule has 3 aromatic carbocycles. The van der Waals surface area contributed by atoms with Gasteiger partial charge in [0.1, 0.15) is 23.8 Å². The van der Waals surface area contributed by atoms with Gasteiger partial charge >= 0.3 is 5.97 Å². The number of nitro benzene ring substituents is 1. The molecule has 0 unspecified atom stereocenters. The summed E-state index contributed by atoms with van der Waals surface area (Å²) in [5, 5.41) is 24.5. The van der Waals surface area contributed by atoms with E-state index in [1.807, 2.05) is 0 Å². The molecule has 0 saturated carbocycles. The standard InChI is InChI=1S/C28H25N3O8/c1-4-18-9-11-19(12-10-18)28(34)39-17-24(32)21(27(33)30-23-7-5-6-8-25(23)37-2)16-29-22-14-13-20(31(35)36)15-26(22)38-3/h4-16,32H,1,17H2,2-3H3,(H,30,33)/b24-21-,29-16?. The van der Waals surface area contributed by atoms with Crippen LogP contribution in [0.4, 0.5) is 17.1 Å². The number of benzene rings is 3. The van der Waals surface area contributed by atoms with Crippen LogP contribution in [0.1, 0.15) is 15.9 Å². The Hall–Kier alpha value is -5.45. The number of amides is 1. The first-order valence-corrected chi connectivity index (χ1v) is 11.4. The van der Waals surface area contributed by atoms with Gasteiger partial charge in [-0.15, -0.1) is 0 Å². The van der Waals surface area contributed by atoms with Crippen molar-refractivity contribution in [2.45, 2.75) is 0 Å². The maximum absolute atomic E-state index is 13.2. The van der Waals surface area contributed by atoms with Crippen LogP contribution in [0.25, 0.3) is 6.08 Å². The molecule has 0 saturated heterocycles. The van der Waals surface area contributed by atoms with Gasteiger partial charge in [0.25, 0.3) is 11.6 Å². The van der Waals surface area contributed by atoms with Crippen molar-refractivity contribution in [3.05, 3.63) is 106 Å². The van der Waals surface area contributed by atoms with Crippen molar-refractivity contribution < 1.29 is 33.8 Å². The summed E-state index contributed by atoms with van der Waals surface area (Å²) in [5.41, 5.74) is 0.955. The van der Waals surface area contributed by atoms with Crippen LogP contribution >= 0.6 is 0 Å². The van der Waals surface area contributed by atoms with Crippen molar-refractivity contribution >= 4 is 41.2 Å². The third kappa shape index (κ3) is 7.29. The summed E-state index contributed by atoms with van der Waals surface area (Å²) in [7, 11) is 2.74. The van der Waals surface area contributed by atoms with Gasteiger partial charge in [-0.3, -0.25) is 19.9 Å². The van der Waals surface area contributed by atoms with Crippen LogP contribution in [0.3, 0.4) is 0 Å². The number of rotatable bonds is 11. The lowest BCUT2D eigenvalue weighted by atomic mass is 10.1. The van der Waals surface area contributed by atoms with Crippen molar-refractivity contribution in [3.8, 4) is 11.5 Å². The number of nitro groups is 1. The Kier molecular flexibility index (Phi) is 9.52. The number of esters is 1. The van der Waals surface area contributed by atoms with Crippen molar-refractivity contribution in [3.63, 3.8) is 0 Å². The fraction of sp³-hybridized carbons (Fsp3) is 0.107. The highest BCUT2D eigenvalue weighted by Gasteiger charge is 2.19. The SMILES string of the molecule is C=Cc1ccc(C(=O)OC/C(O)=C(\C=Nc2ccc([N+](=O)[O-])cc2OC)C(=O)Nc2ccccc2OC)cc1. The second kappa shape index (κ2) is 13.2. The predicted octanol–water partition coefficient (Wildman–Crippen LogP) is 5.27. The number of hydrogen-bond donors (Lipinski definition) is 2. The van der Waals surface area contributed by atoms with E-state index >= 15 is 0 Å². The molecule has 0 atom stereocenters. The fourth-order valence-electron chi connectivity index (χ4n) is 3.27. The maximum atomic E-state index is 13.2. The van der Waals surface area contributed by atoms with E-state index in [4.69, 9.17) is 14.2 Å². The van der Waals surface area contributed by atoms with Crippen LogP contribution < -0.4 is 14.8 Å².